The van der Waals surface area contributed by atoms with Gasteiger partial charge in [-0.05, 0) is 50.2 Å². The van der Waals surface area contributed by atoms with Crippen LogP contribution >= 0.6 is 0 Å². The lowest BCUT2D eigenvalue weighted by Gasteiger charge is -2.10. The summed E-state index contributed by atoms with van der Waals surface area (Å²) < 4.78 is 3.60. The number of fused-ring (bicyclic) bond motifs is 1. The van der Waals surface area contributed by atoms with Gasteiger partial charge in [-0.2, -0.15) is 10.1 Å². The molecule has 0 amide bonds. The van der Waals surface area contributed by atoms with Crippen LogP contribution in [0, 0.1) is 25.7 Å². The first-order valence-electron chi connectivity index (χ1n) is 10.2. The molecular weight excluding hydrogens is 374 g/mol. The van der Waals surface area contributed by atoms with Crippen molar-refractivity contribution in [3.05, 3.63) is 59.3 Å². The number of benzene rings is 1. The number of rotatable bonds is 2. The molecule has 0 spiro atoms. The molecule has 0 N–H and O–H groups in total. The third kappa shape index (κ3) is 3.20. The van der Waals surface area contributed by atoms with Crippen LogP contribution in [0.4, 0.5) is 5.95 Å². The molecule has 1 aromatic carbocycles. The van der Waals surface area contributed by atoms with Crippen molar-refractivity contribution in [2.45, 2.75) is 26.7 Å². The molecule has 4 aromatic rings. The Hall–Kier alpha value is -3.66. The second-order valence-electron chi connectivity index (χ2n) is 7.63. The molecule has 0 saturated carbocycles. The smallest absolute Gasteiger partial charge is 0.245 e. The fraction of sp³-hybridized carbons (Fsp3) is 0.304. The van der Waals surface area contributed by atoms with E-state index in [2.05, 4.69) is 50.0 Å². The Bertz CT molecular complexity index is 1280. The molecular formula is C23H23N7. The molecule has 1 aliphatic rings. The number of anilines is 1. The molecule has 1 fully saturated rings. The van der Waals surface area contributed by atoms with Gasteiger partial charge in [-0.25, -0.2) is 14.2 Å². The van der Waals surface area contributed by atoms with Gasteiger partial charge in [0.1, 0.15) is 5.69 Å². The lowest BCUT2D eigenvalue weighted by Crippen LogP contribution is -2.19. The minimum absolute atomic E-state index is 0.636. The third-order valence-corrected chi connectivity index (χ3v) is 5.59. The zero-order chi connectivity index (χ0) is 20.7. The Morgan fingerprint density at radius 2 is 1.70 bits per heavy atom. The topological polar surface area (TPSA) is 64.1 Å². The molecule has 5 rings (SSSR count). The van der Waals surface area contributed by atoms with Crippen LogP contribution in [-0.4, -0.2) is 42.5 Å². The second kappa shape index (κ2) is 7.30. The van der Waals surface area contributed by atoms with Crippen LogP contribution < -0.4 is 4.90 Å². The highest BCUT2D eigenvalue weighted by Crippen LogP contribution is 2.24. The number of aryl methyl sites for hydroxylation is 3. The average Bonchev–Trinajstić information content (AvgIpc) is 3.47. The van der Waals surface area contributed by atoms with Crippen molar-refractivity contribution in [1.82, 2.24) is 29.4 Å². The fourth-order valence-corrected chi connectivity index (χ4v) is 3.77. The molecule has 0 bridgehead atoms. The van der Waals surface area contributed by atoms with E-state index in [1.807, 2.05) is 43.6 Å². The van der Waals surface area contributed by atoms with Crippen molar-refractivity contribution < 1.29 is 0 Å². The largest absolute Gasteiger partial charge is 0.340 e. The van der Waals surface area contributed by atoms with Crippen LogP contribution in [0.3, 0.4) is 0 Å². The summed E-state index contributed by atoms with van der Waals surface area (Å²) in [6.07, 6.45) is 2.38. The molecule has 0 radical (unpaired) electrons. The monoisotopic (exact) mass is 397 g/mol. The van der Waals surface area contributed by atoms with E-state index < -0.39 is 0 Å². The first-order valence-corrected chi connectivity index (χ1v) is 10.2. The Labute approximate surface area is 175 Å². The molecule has 4 heterocycles. The zero-order valence-electron chi connectivity index (χ0n) is 17.4. The quantitative estimate of drug-likeness (QED) is 0.486. The standard InChI is InChI=1S/C23H23N7/c1-16-17(2)30-22(24-16)15-19(18-9-5-4-6-10-18)20(26-30)11-12-21-25-23(27-28(21)3)29-13-7-8-14-29/h4-6,9-10,15H,7-8,13-14H2,1-3H3. The van der Waals surface area contributed by atoms with E-state index >= 15 is 0 Å². The number of aromatic nitrogens is 6. The van der Waals surface area contributed by atoms with E-state index in [-0.39, 0.29) is 0 Å². The van der Waals surface area contributed by atoms with Crippen LogP contribution in [-0.2, 0) is 7.05 Å². The normalized spacial score (nSPS) is 13.6. The third-order valence-electron chi connectivity index (χ3n) is 5.59. The molecule has 0 unspecified atom stereocenters. The summed E-state index contributed by atoms with van der Waals surface area (Å²) >= 11 is 0. The Morgan fingerprint density at radius 1 is 0.933 bits per heavy atom. The summed E-state index contributed by atoms with van der Waals surface area (Å²) in [6.45, 7) is 6.03. The van der Waals surface area contributed by atoms with Crippen molar-refractivity contribution in [3.8, 4) is 23.0 Å². The summed E-state index contributed by atoms with van der Waals surface area (Å²) in [5, 5.41) is 9.36. The number of nitrogens with zero attached hydrogens (tertiary/aromatic N) is 7. The van der Waals surface area contributed by atoms with E-state index in [0.717, 1.165) is 47.2 Å². The van der Waals surface area contributed by atoms with Crippen molar-refractivity contribution >= 4 is 11.6 Å². The van der Waals surface area contributed by atoms with Crippen LogP contribution in [0.25, 0.3) is 16.8 Å². The molecule has 0 aliphatic carbocycles. The predicted octanol–water partition coefficient (Wildman–Crippen LogP) is 3.14. The Morgan fingerprint density at radius 3 is 2.47 bits per heavy atom. The molecule has 7 nitrogen and oxygen atoms in total. The summed E-state index contributed by atoms with van der Waals surface area (Å²) in [5.74, 6) is 7.83. The molecule has 1 saturated heterocycles. The van der Waals surface area contributed by atoms with Gasteiger partial charge in [0.2, 0.25) is 11.8 Å². The molecule has 30 heavy (non-hydrogen) atoms. The fourth-order valence-electron chi connectivity index (χ4n) is 3.77. The van der Waals surface area contributed by atoms with Crippen LogP contribution in [0.5, 0.6) is 0 Å². The summed E-state index contributed by atoms with van der Waals surface area (Å²) in [5.41, 5.74) is 5.52. The molecule has 0 atom stereocenters. The molecule has 7 heteroatoms. The van der Waals surface area contributed by atoms with E-state index in [4.69, 9.17) is 5.10 Å². The van der Waals surface area contributed by atoms with Gasteiger partial charge in [0.25, 0.3) is 0 Å². The lowest BCUT2D eigenvalue weighted by atomic mass is 10.0. The Balaban J connectivity index is 1.61. The van der Waals surface area contributed by atoms with Gasteiger partial charge in [-0.15, -0.1) is 5.10 Å². The maximum atomic E-state index is 4.81. The van der Waals surface area contributed by atoms with Gasteiger partial charge < -0.3 is 4.90 Å². The maximum Gasteiger partial charge on any atom is 0.245 e. The van der Waals surface area contributed by atoms with Gasteiger partial charge in [0.05, 0.1) is 11.4 Å². The van der Waals surface area contributed by atoms with Crippen LogP contribution in [0.1, 0.15) is 35.7 Å². The van der Waals surface area contributed by atoms with Crippen LogP contribution in [0.2, 0.25) is 0 Å². The Kier molecular flexibility index (Phi) is 4.47. The number of hydrogen-bond donors (Lipinski definition) is 0. The van der Waals surface area contributed by atoms with E-state index in [9.17, 15) is 0 Å². The summed E-state index contributed by atoms with van der Waals surface area (Å²) in [4.78, 5) is 11.5. The van der Waals surface area contributed by atoms with Gasteiger partial charge in [0.15, 0.2) is 5.65 Å². The van der Waals surface area contributed by atoms with E-state index in [1.54, 1.807) is 4.68 Å². The predicted molar refractivity (Wildman–Crippen MR) is 116 cm³/mol. The minimum Gasteiger partial charge on any atom is -0.340 e. The summed E-state index contributed by atoms with van der Waals surface area (Å²) in [7, 11) is 1.88. The maximum absolute atomic E-state index is 4.81. The van der Waals surface area contributed by atoms with Gasteiger partial charge in [0, 0.05) is 25.7 Å². The lowest BCUT2D eigenvalue weighted by molar-refractivity contribution is 0.745. The first kappa shape index (κ1) is 18.4. The number of imidazole rings is 1. The number of hydrogen-bond acceptors (Lipinski definition) is 5. The van der Waals surface area contributed by atoms with Gasteiger partial charge >= 0.3 is 0 Å². The average molecular weight is 397 g/mol. The highest BCUT2D eigenvalue weighted by atomic mass is 15.4. The van der Waals surface area contributed by atoms with Crippen molar-refractivity contribution in [2.75, 3.05) is 18.0 Å². The van der Waals surface area contributed by atoms with E-state index in [1.165, 1.54) is 12.8 Å². The highest BCUT2D eigenvalue weighted by molar-refractivity contribution is 5.72. The SMILES string of the molecule is Cc1nc2cc(-c3ccccc3)c(C#Cc3nc(N4CCCC4)nn3C)nn2c1C. The van der Waals surface area contributed by atoms with Crippen molar-refractivity contribution in [2.24, 2.45) is 7.05 Å². The highest BCUT2D eigenvalue weighted by Gasteiger charge is 2.18. The minimum atomic E-state index is 0.636. The first-order chi connectivity index (χ1) is 14.6. The van der Waals surface area contributed by atoms with E-state index in [0.29, 0.717) is 11.5 Å². The second-order valence-corrected chi connectivity index (χ2v) is 7.63. The van der Waals surface area contributed by atoms with Crippen LogP contribution in [0.15, 0.2) is 36.4 Å². The molecule has 1 aliphatic heterocycles. The summed E-state index contributed by atoms with van der Waals surface area (Å²) in [6, 6.07) is 12.2. The van der Waals surface area contributed by atoms with Gasteiger partial charge in [-0.3, -0.25) is 0 Å². The molecule has 150 valence electrons. The van der Waals surface area contributed by atoms with Gasteiger partial charge in [-0.1, -0.05) is 30.3 Å². The van der Waals surface area contributed by atoms with Crippen molar-refractivity contribution in [3.63, 3.8) is 0 Å². The van der Waals surface area contributed by atoms with Crippen molar-refractivity contribution in [1.29, 1.82) is 0 Å². The zero-order valence-corrected chi connectivity index (χ0v) is 17.4. The molecule has 3 aromatic heterocycles.